The van der Waals surface area contributed by atoms with E-state index in [1.165, 1.54) is 6.20 Å². The van der Waals surface area contributed by atoms with E-state index in [0.29, 0.717) is 21.7 Å². The highest BCUT2D eigenvalue weighted by Gasteiger charge is 2.52. The Balaban J connectivity index is 1.83. The molecule has 0 unspecified atom stereocenters. The third-order valence-corrected chi connectivity index (χ3v) is 5.03. The van der Waals surface area contributed by atoms with Crippen LogP contribution in [-0.4, -0.2) is 29.2 Å². The van der Waals surface area contributed by atoms with Gasteiger partial charge in [0.05, 0.1) is 16.8 Å². The number of pyridine rings is 1. The lowest BCUT2D eigenvalue weighted by Gasteiger charge is -2.32. The number of amides is 1. The first-order chi connectivity index (χ1) is 11.7. The molecule has 1 aliphatic heterocycles. The van der Waals surface area contributed by atoms with Crippen LogP contribution in [0, 0.1) is 0 Å². The normalized spacial score (nSPS) is 18.2. The molecule has 25 heavy (non-hydrogen) atoms. The van der Waals surface area contributed by atoms with Crippen molar-refractivity contribution in [2.24, 2.45) is 0 Å². The van der Waals surface area contributed by atoms with E-state index in [0.717, 1.165) is 0 Å². The van der Waals surface area contributed by atoms with E-state index in [1.807, 2.05) is 27.7 Å². The Morgan fingerprint density at radius 1 is 1.16 bits per heavy atom. The standard InChI is InChI=1S/C18H20BClN2O3/c1-17(2)18(3,4)25-19(24-17)14-10-13(7-8-15(14)20)22-16(23)12-6-5-9-21-11-12/h5-11H,1-4H3,(H,22,23). The van der Waals surface area contributed by atoms with Gasteiger partial charge in [-0.15, -0.1) is 0 Å². The summed E-state index contributed by atoms with van der Waals surface area (Å²) in [5.74, 6) is -0.240. The second-order valence-electron chi connectivity index (χ2n) is 7.02. The molecule has 130 valence electrons. The van der Waals surface area contributed by atoms with E-state index < -0.39 is 18.3 Å². The third-order valence-electron chi connectivity index (χ3n) is 4.68. The van der Waals surface area contributed by atoms with Crippen molar-refractivity contribution in [1.82, 2.24) is 4.98 Å². The number of aromatic nitrogens is 1. The number of rotatable bonds is 3. The van der Waals surface area contributed by atoms with Crippen LogP contribution in [0.15, 0.2) is 42.7 Å². The van der Waals surface area contributed by atoms with Crippen LogP contribution in [0.25, 0.3) is 0 Å². The predicted molar refractivity (Wildman–Crippen MR) is 99.4 cm³/mol. The fraction of sp³-hybridized carbons (Fsp3) is 0.333. The van der Waals surface area contributed by atoms with Gasteiger partial charge in [0.1, 0.15) is 0 Å². The number of benzene rings is 1. The number of carbonyl (C=O) groups excluding carboxylic acids is 1. The lowest BCUT2D eigenvalue weighted by Crippen LogP contribution is -2.41. The summed E-state index contributed by atoms with van der Waals surface area (Å²) >= 11 is 6.33. The zero-order chi connectivity index (χ0) is 18.2. The second kappa shape index (κ2) is 6.44. The van der Waals surface area contributed by atoms with E-state index in [9.17, 15) is 4.79 Å². The first kappa shape index (κ1) is 17.9. The summed E-state index contributed by atoms with van der Waals surface area (Å²) in [6.45, 7) is 7.92. The molecule has 2 aromatic rings. The molecule has 1 aliphatic rings. The summed E-state index contributed by atoms with van der Waals surface area (Å²) in [4.78, 5) is 16.2. The summed E-state index contributed by atoms with van der Waals surface area (Å²) in [6, 6.07) is 8.66. The maximum absolute atomic E-state index is 12.3. The van der Waals surface area contributed by atoms with E-state index in [1.54, 1.807) is 36.5 Å². The van der Waals surface area contributed by atoms with E-state index in [-0.39, 0.29) is 5.91 Å². The maximum atomic E-state index is 12.3. The topological polar surface area (TPSA) is 60.5 Å². The average Bonchev–Trinajstić information content (AvgIpc) is 2.78. The van der Waals surface area contributed by atoms with E-state index in [4.69, 9.17) is 20.9 Å². The fourth-order valence-corrected chi connectivity index (χ4v) is 2.68. The molecule has 0 saturated carbocycles. The van der Waals surface area contributed by atoms with Crippen molar-refractivity contribution in [3.63, 3.8) is 0 Å². The minimum atomic E-state index is -0.590. The summed E-state index contributed by atoms with van der Waals surface area (Å²) in [7, 11) is -0.590. The first-order valence-electron chi connectivity index (χ1n) is 8.06. The molecule has 0 aliphatic carbocycles. The zero-order valence-corrected chi connectivity index (χ0v) is 15.4. The Morgan fingerprint density at radius 3 is 2.44 bits per heavy atom. The zero-order valence-electron chi connectivity index (χ0n) is 14.7. The van der Waals surface area contributed by atoms with Gasteiger partial charge in [0.15, 0.2) is 0 Å². The molecule has 2 heterocycles. The SMILES string of the molecule is CC1(C)OB(c2cc(NC(=O)c3cccnc3)ccc2Cl)OC1(C)C. The van der Waals surface area contributed by atoms with Crippen LogP contribution in [0.4, 0.5) is 5.69 Å². The van der Waals surface area contributed by atoms with Crippen LogP contribution < -0.4 is 10.8 Å². The third kappa shape index (κ3) is 3.56. The Kier molecular flexibility index (Phi) is 4.62. The summed E-state index contributed by atoms with van der Waals surface area (Å²) in [5, 5.41) is 3.37. The highest BCUT2D eigenvalue weighted by atomic mass is 35.5. The fourth-order valence-electron chi connectivity index (χ4n) is 2.47. The van der Waals surface area contributed by atoms with Crippen molar-refractivity contribution in [1.29, 1.82) is 0 Å². The van der Waals surface area contributed by atoms with Crippen LogP contribution in [0.2, 0.25) is 5.02 Å². The van der Waals surface area contributed by atoms with Gasteiger partial charge < -0.3 is 14.6 Å². The second-order valence-corrected chi connectivity index (χ2v) is 7.43. The van der Waals surface area contributed by atoms with Gasteiger partial charge in [0, 0.05) is 28.6 Å². The molecule has 0 radical (unpaired) electrons. The highest BCUT2D eigenvalue weighted by molar-refractivity contribution is 6.65. The predicted octanol–water partition coefficient (Wildman–Crippen LogP) is 3.29. The largest absolute Gasteiger partial charge is 0.496 e. The van der Waals surface area contributed by atoms with Crippen molar-refractivity contribution in [2.75, 3.05) is 5.32 Å². The molecule has 7 heteroatoms. The lowest BCUT2D eigenvalue weighted by molar-refractivity contribution is 0.00578. The molecule has 1 aromatic heterocycles. The maximum Gasteiger partial charge on any atom is 0.496 e. The number of halogens is 1. The minimum Gasteiger partial charge on any atom is -0.399 e. The molecule has 1 amide bonds. The molecule has 5 nitrogen and oxygen atoms in total. The van der Waals surface area contributed by atoms with Gasteiger partial charge in [0.2, 0.25) is 0 Å². The molecule has 1 N–H and O–H groups in total. The van der Waals surface area contributed by atoms with Crippen LogP contribution in [0.1, 0.15) is 38.1 Å². The number of anilines is 1. The van der Waals surface area contributed by atoms with Crippen molar-refractivity contribution in [3.8, 4) is 0 Å². The number of hydrogen-bond acceptors (Lipinski definition) is 4. The van der Waals surface area contributed by atoms with Crippen LogP contribution in [-0.2, 0) is 9.31 Å². The number of carbonyl (C=O) groups is 1. The molecule has 3 rings (SSSR count). The van der Waals surface area contributed by atoms with Gasteiger partial charge in [-0.05, 0) is 58.0 Å². The van der Waals surface area contributed by atoms with Gasteiger partial charge in [-0.25, -0.2) is 0 Å². The van der Waals surface area contributed by atoms with Gasteiger partial charge in [-0.3, -0.25) is 9.78 Å². The summed E-state index contributed by atoms with van der Waals surface area (Å²) < 4.78 is 12.1. The molecule has 1 fully saturated rings. The Bertz CT molecular complexity index is 780. The molecule has 1 aromatic carbocycles. The smallest absolute Gasteiger partial charge is 0.399 e. The van der Waals surface area contributed by atoms with Gasteiger partial charge in [-0.2, -0.15) is 0 Å². The summed E-state index contributed by atoms with van der Waals surface area (Å²) in [6.07, 6.45) is 3.13. The number of hydrogen-bond donors (Lipinski definition) is 1. The van der Waals surface area contributed by atoms with Crippen molar-refractivity contribution >= 4 is 35.8 Å². The van der Waals surface area contributed by atoms with Gasteiger partial charge in [0.25, 0.3) is 5.91 Å². The number of nitrogens with zero attached hydrogens (tertiary/aromatic N) is 1. The van der Waals surface area contributed by atoms with Gasteiger partial charge >= 0.3 is 7.12 Å². The van der Waals surface area contributed by atoms with E-state index in [2.05, 4.69) is 10.3 Å². The van der Waals surface area contributed by atoms with Crippen molar-refractivity contribution < 1.29 is 14.1 Å². The average molecular weight is 359 g/mol. The molecule has 0 spiro atoms. The molecule has 0 bridgehead atoms. The van der Waals surface area contributed by atoms with Crippen LogP contribution in [0.5, 0.6) is 0 Å². The number of nitrogens with one attached hydrogen (secondary N) is 1. The van der Waals surface area contributed by atoms with Crippen LogP contribution >= 0.6 is 11.6 Å². The van der Waals surface area contributed by atoms with Gasteiger partial charge in [-0.1, -0.05) is 11.6 Å². The Labute approximate surface area is 152 Å². The Hall–Kier alpha value is -1.89. The summed E-state index contributed by atoms with van der Waals surface area (Å²) in [5.41, 5.74) is 0.855. The van der Waals surface area contributed by atoms with Crippen molar-refractivity contribution in [3.05, 3.63) is 53.3 Å². The van der Waals surface area contributed by atoms with Crippen LogP contribution in [0.3, 0.4) is 0 Å². The molecule has 0 atom stereocenters. The molecular formula is C18H20BClN2O3. The first-order valence-corrected chi connectivity index (χ1v) is 8.44. The quantitative estimate of drug-likeness (QED) is 0.855. The monoisotopic (exact) mass is 358 g/mol. The molecule has 1 saturated heterocycles. The van der Waals surface area contributed by atoms with Crippen molar-refractivity contribution in [2.45, 2.75) is 38.9 Å². The molecular weight excluding hydrogens is 338 g/mol. The minimum absolute atomic E-state index is 0.240. The lowest BCUT2D eigenvalue weighted by atomic mass is 9.79. The Morgan fingerprint density at radius 2 is 1.84 bits per heavy atom. The highest BCUT2D eigenvalue weighted by Crippen LogP contribution is 2.37. The van der Waals surface area contributed by atoms with E-state index >= 15 is 0 Å².